The van der Waals surface area contributed by atoms with Gasteiger partial charge >= 0.3 is 0 Å². The number of aryl methyl sites for hydroxylation is 1. The quantitative estimate of drug-likeness (QED) is 0.793. The summed E-state index contributed by atoms with van der Waals surface area (Å²) in [6.45, 7) is 2.23. The third-order valence-electron chi connectivity index (χ3n) is 2.03. The SMILES string of the molecule is Cc1cccc(OCc2ncc(F)cn2)c1. The Morgan fingerprint density at radius 3 is 2.69 bits per heavy atom. The molecule has 82 valence electrons. The fraction of sp³-hybridized carbons (Fsp3) is 0.167. The third kappa shape index (κ3) is 2.76. The van der Waals surface area contributed by atoms with Crippen LogP contribution in [-0.4, -0.2) is 9.97 Å². The predicted molar refractivity (Wildman–Crippen MR) is 57.5 cm³/mol. The minimum Gasteiger partial charge on any atom is -0.486 e. The Bertz CT molecular complexity index is 471. The molecule has 1 heterocycles. The van der Waals surface area contributed by atoms with Gasteiger partial charge in [0, 0.05) is 0 Å². The lowest BCUT2D eigenvalue weighted by atomic mass is 10.2. The van der Waals surface area contributed by atoms with E-state index in [9.17, 15) is 4.39 Å². The van der Waals surface area contributed by atoms with Gasteiger partial charge in [-0.15, -0.1) is 0 Å². The molecule has 0 amide bonds. The molecular formula is C12H11FN2O. The molecule has 0 saturated carbocycles. The number of halogens is 1. The number of ether oxygens (including phenoxy) is 1. The van der Waals surface area contributed by atoms with E-state index < -0.39 is 5.82 Å². The van der Waals surface area contributed by atoms with Crippen LogP contribution in [0.3, 0.4) is 0 Å². The second-order valence-corrected chi connectivity index (χ2v) is 3.42. The van der Waals surface area contributed by atoms with Crippen LogP contribution >= 0.6 is 0 Å². The lowest BCUT2D eigenvalue weighted by molar-refractivity contribution is 0.295. The first kappa shape index (κ1) is 10.5. The van der Waals surface area contributed by atoms with Gasteiger partial charge in [-0.1, -0.05) is 12.1 Å². The first-order chi connectivity index (χ1) is 7.74. The molecule has 0 unspecified atom stereocenters. The molecule has 0 radical (unpaired) electrons. The Labute approximate surface area is 92.9 Å². The highest BCUT2D eigenvalue weighted by molar-refractivity contribution is 5.27. The first-order valence-corrected chi connectivity index (χ1v) is 4.90. The summed E-state index contributed by atoms with van der Waals surface area (Å²) < 4.78 is 18.0. The van der Waals surface area contributed by atoms with Crippen LogP contribution in [0, 0.1) is 12.7 Å². The summed E-state index contributed by atoms with van der Waals surface area (Å²) in [7, 11) is 0. The van der Waals surface area contributed by atoms with Gasteiger partial charge in [0.1, 0.15) is 12.4 Å². The van der Waals surface area contributed by atoms with Crippen LogP contribution in [0.1, 0.15) is 11.4 Å². The summed E-state index contributed by atoms with van der Waals surface area (Å²) in [6.07, 6.45) is 2.25. The molecule has 16 heavy (non-hydrogen) atoms. The maximum atomic E-state index is 12.5. The van der Waals surface area contributed by atoms with Crippen molar-refractivity contribution in [1.82, 2.24) is 9.97 Å². The van der Waals surface area contributed by atoms with E-state index >= 15 is 0 Å². The highest BCUT2D eigenvalue weighted by Crippen LogP contribution is 2.13. The molecule has 4 heteroatoms. The molecule has 0 aliphatic carbocycles. The Morgan fingerprint density at radius 1 is 1.25 bits per heavy atom. The average Bonchev–Trinajstić information content (AvgIpc) is 2.28. The summed E-state index contributed by atoms with van der Waals surface area (Å²) in [6, 6.07) is 7.68. The van der Waals surface area contributed by atoms with Gasteiger partial charge in [-0.05, 0) is 24.6 Å². The molecular weight excluding hydrogens is 207 g/mol. The van der Waals surface area contributed by atoms with E-state index in [0.29, 0.717) is 5.82 Å². The topological polar surface area (TPSA) is 35.0 Å². The maximum absolute atomic E-state index is 12.5. The number of rotatable bonds is 3. The van der Waals surface area contributed by atoms with Crippen LogP contribution in [0.15, 0.2) is 36.7 Å². The van der Waals surface area contributed by atoms with E-state index in [4.69, 9.17) is 4.74 Å². The average molecular weight is 218 g/mol. The highest BCUT2D eigenvalue weighted by atomic mass is 19.1. The van der Waals surface area contributed by atoms with E-state index in [0.717, 1.165) is 23.7 Å². The van der Waals surface area contributed by atoms with Crippen LogP contribution in [-0.2, 0) is 6.61 Å². The molecule has 0 aliphatic heterocycles. The van der Waals surface area contributed by atoms with E-state index in [2.05, 4.69) is 9.97 Å². The van der Waals surface area contributed by atoms with E-state index in [-0.39, 0.29) is 6.61 Å². The molecule has 2 rings (SSSR count). The molecule has 2 aromatic rings. The molecule has 0 aliphatic rings. The van der Waals surface area contributed by atoms with Crippen LogP contribution in [0.5, 0.6) is 5.75 Å². The molecule has 0 fully saturated rings. The molecule has 0 saturated heterocycles. The van der Waals surface area contributed by atoms with Crippen molar-refractivity contribution in [3.63, 3.8) is 0 Å². The van der Waals surface area contributed by atoms with Gasteiger partial charge in [-0.3, -0.25) is 0 Å². The fourth-order valence-electron chi connectivity index (χ4n) is 1.27. The van der Waals surface area contributed by atoms with E-state index in [1.165, 1.54) is 0 Å². The number of hydrogen-bond acceptors (Lipinski definition) is 3. The number of benzene rings is 1. The van der Waals surface area contributed by atoms with Gasteiger partial charge < -0.3 is 4.74 Å². The minimum atomic E-state index is -0.445. The molecule has 3 nitrogen and oxygen atoms in total. The summed E-state index contributed by atoms with van der Waals surface area (Å²) in [4.78, 5) is 7.61. The van der Waals surface area contributed by atoms with Crippen molar-refractivity contribution in [1.29, 1.82) is 0 Å². The Morgan fingerprint density at radius 2 is 2.00 bits per heavy atom. The van der Waals surface area contributed by atoms with Gasteiger partial charge in [-0.2, -0.15) is 0 Å². The van der Waals surface area contributed by atoms with Gasteiger partial charge in [0.05, 0.1) is 12.4 Å². The Balaban J connectivity index is 1.99. The molecule has 1 aromatic carbocycles. The van der Waals surface area contributed by atoms with Crippen molar-refractivity contribution in [2.24, 2.45) is 0 Å². The van der Waals surface area contributed by atoms with Crippen LogP contribution in [0.4, 0.5) is 4.39 Å². The highest BCUT2D eigenvalue weighted by Gasteiger charge is 1.99. The van der Waals surface area contributed by atoms with Crippen LogP contribution in [0.25, 0.3) is 0 Å². The van der Waals surface area contributed by atoms with Crippen molar-refractivity contribution in [3.05, 3.63) is 53.9 Å². The normalized spacial score (nSPS) is 10.1. The Kier molecular flexibility index (Phi) is 3.10. The lowest BCUT2D eigenvalue weighted by Crippen LogP contribution is -2.01. The van der Waals surface area contributed by atoms with Crippen LogP contribution < -0.4 is 4.74 Å². The number of nitrogens with zero attached hydrogens (tertiary/aromatic N) is 2. The largest absolute Gasteiger partial charge is 0.486 e. The number of aromatic nitrogens is 2. The van der Waals surface area contributed by atoms with Gasteiger partial charge in [0.2, 0.25) is 0 Å². The van der Waals surface area contributed by atoms with Crippen molar-refractivity contribution < 1.29 is 9.13 Å². The fourth-order valence-corrected chi connectivity index (χ4v) is 1.27. The first-order valence-electron chi connectivity index (χ1n) is 4.90. The molecule has 0 spiro atoms. The zero-order valence-corrected chi connectivity index (χ0v) is 8.85. The number of hydrogen-bond donors (Lipinski definition) is 0. The maximum Gasteiger partial charge on any atom is 0.166 e. The monoisotopic (exact) mass is 218 g/mol. The van der Waals surface area contributed by atoms with Crippen molar-refractivity contribution >= 4 is 0 Å². The summed E-state index contributed by atoms with van der Waals surface area (Å²) in [5.41, 5.74) is 1.12. The van der Waals surface area contributed by atoms with Crippen molar-refractivity contribution in [3.8, 4) is 5.75 Å². The second kappa shape index (κ2) is 4.70. The predicted octanol–water partition coefficient (Wildman–Crippen LogP) is 2.50. The van der Waals surface area contributed by atoms with Gasteiger partial charge in [0.25, 0.3) is 0 Å². The van der Waals surface area contributed by atoms with E-state index in [1.54, 1.807) is 0 Å². The minimum absolute atomic E-state index is 0.240. The van der Waals surface area contributed by atoms with Gasteiger partial charge in [0.15, 0.2) is 11.6 Å². The molecule has 0 bridgehead atoms. The standard InChI is InChI=1S/C12H11FN2O/c1-9-3-2-4-11(5-9)16-8-12-14-6-10(13)7-15-12/h2-7H,8H2,1H3. The van der Waals surface area contributed by atoms with Crippen molar-refractivity contribution in [2.45, 2.75) is 13.5 Å². The lowest BCUT2D eigenvalue weighted by Gasteiger charge is -2.05. The molecule has 0 atom stereocenters. The third-order valence-corrected chi connectivity index (χ3v) is 2.03. The zero-order chi connectivity index (χ0) is 11.4. The summed E-state index contributed by atoms with van der Waals surface area (Å²) >= 11 is 0. The summed E-state index contributed by atoms with van der Waals surface area (Å²) in [5, 5.41) is 0. The zero-order valence-electron chi connectivity index (χ0n) is 8.85. The molecule has 0 N–H and O–H groups in total. The molecule has 1 aromatic heterocycles. The second-order valence-electron chi connectivity index (χ2n) is 3.42. The van der Waals surface area contributed by atoms with E-state index in [1.807, 2.05) is 31.2 Å². The summed E-state index contributed by atoms with van der Waals surface area (Å²) in [5.74, 6) is 0.773. The van der Waals surface area contributed by atoms with Crippen LogP contribution in [0.2, 0.25) is 0 Å². The van der Waals surface area contributed by atoms with Gasteiger partial charge in [-0.25, -0.2) is 14.4 Å². The van der Waals surface area contributed by atoms with Crippen molar-refractivity contribution in [2.75, 3.05) is 0 Å². The Hall–Kier alpha value is -1.97. The smallest absolute Gasteiger partial charge is 0.166 e.